The van der Waals surface area contributed by atoms with Gasteiger partial charge in [0.15, 0.2) is 5.75 Å². The predicted molar refractivity (Wildman–Crippen MR) is 117 cm³/mol. The standard InChI is InChI=1S/C24H25N3O2/c1-19-11-13-20(14-12-19)25-24(28)27-17-15-26(16-18-27)22-9-5-6-10-23(22)29-21-7-3-2-4-8-21/h2-14H,15-18H2,1H3,(H,25,28). The van der Waals surface area contributed by atoms with Crippen LogP contribution in [0.15, 0.2) is 78.9 Å². The zero-order valence-electron chi connectivity index (χ0n) is 16.5. The van der Waals surface area contributed by atoms with Crippen molar-refractivity contribution in [2.75, 3.05) is 36.4 Å². The fourth-order valence-corrected chi connectivity index (χ4v) is 3.41. The van der Waals surface area contributed by atoms with Crippen LogP contribution in [0.3, 0.4) is 0 Å². The predicted octanol–water partition coefficient (Wildman–Crippen LogP) is 5.14. The molecule has 1 aliphatic rings. The van der Waals surface area contributed by atoms with E-state index in [4.69, 9.17) is 4.74 Å². The van der Waals surface area contributed by atoms with E-state index in [1.54, 1.807) is 0 Å². The molecule has 0 unspecified atom stereocenters. The minimum Gasteiger partial charge on any atom is -0.455 e. The normalized spacial score (nSPS) is 13.8. The summed E-state index contributed by atoms with van der Waals surface area (Å²) in [7, 11) is 0. The third kappa shape index (κ3) is 4.69. The number of nitrogens with one attached hydrogen (secondary N) is 1. The van der Waals surface area contributed by atoms with Gasteiger partial charge in [-0.3, -0.25) is 0 Å². The Morgan fingerprint density at radius 1 is 0.828 bits per heavy atom. The number of rotatable bonds is 4. The van der Waals surface area contributed by atoms with Crippen LogP contribution in [0.4, 0.5) is 16.2 Å². The maximum atomic E-state index is 12.6. The van der Waals surface area contributed by atoms with Gasteiger partial charge in [0.05, 0.1) is 5.69 Å². The molecule has 1 heterocycles. The third-order valence-electron chi connectivity index (χ3n) is 5.05. The largest absolute Gasteiger partial charge is 0.455 e. The van der Waals surface area contributed by atoms with Crippen molar-refractivity contribution in [1.82, 2.24) is 4.90 Å². The first kappa shape index (κ1) is 18.9. The molecule has 1 aliphatic heterocycles. The first-order valence-electron chi connectivity index (χ1n) is 9.88. The molecule has 148 valence electrons. The first-order chi connectivity index (χ1) is 14.2. The lowest BCUT2D eigenvalue weighted by atomic mass is 10.2. The van der Waals surface area contributed by atoms with Gasteiger partial charge in [-0.1, -0.05) is 48.0 Å². The maximum Gasteiger partial charge on any atom is 0.321 e. The van der Waals surface area contributed by atoms with Crippen molar-refractivity contribution in [3.63, 3.8) is 0 Å². The molecule has 29 heavy (non-hydrogen) atoms. The van der Waals surface area contributed by atoms with Gasteiger partial charge in [0.2, 0.25) is 0 Å². The van der Waals surface area contributed by atoms with E-state index in [9.17, 15) is 4.79 Å². The Labute approximate surface area is 171 Å². The molecule has 3 aromatic carbocycles. The highest BCUT2D eigenvalue weighted by atomic mass is 16.5. The Hall–Kier alpha value is -3.47. The second-order valence-electron chi connectivity index (χ2n) is 7.15. The van der Waals surface area contributed by atoms with E-state index in [-0.39, 0.29) is 6.03 Å². The van der Waals surface area contributed by atoms with Crippen LogP contribution in [-0.2, 0) is 0 Å². The summed E-state index contributed by atoms with van der Waals surface area (Å²) in [5, 5.41) is 2.98. The van der Waals surface area contributed by atoms with Crippen molar-refractivity contribution < 1.29 is 9.53 Å². The molecule has 0 saturated carbocycles. The van der Waals surface area contributed by atoms with Crippen LogP contribution in [-0.4, -0.2) is 37.1 Å². The van der Waals surface area contributed by atoms with Gasteiger partial charge in [-0.15, -0.1) is 0 Å². The van der Waals surface area contributed by atoms with Gasteiger partial charge >= 0.3 is 6.03 Å². The molecule has 0 bridgehead atoms. The smallest absolute Gasteiger partial charge is 0.321 e. The summed E-state index contributed by atoms with van der Waals surface area (Å²) in [6.45, 7) is 4.88. The summed E-state index contributed by atoms with van der Waals surface area (Å²) < 4.78 is 6.09. The molecule has 5 heteroatoms. The highest BCUT2D eigenvalue weighted by Crippen LogP contribution is 2.32. The van der Waals surface area contributed by atoms with E-state index in [1.807, 2.05) is 84.6 Å². The van der Waals surface area contributed by atoms with Gasteiger partial charge in [-0.05, 0) is 43.3 Å². The summed E-state index contributed by atoms with van der Waals surface area (Å²) in [5.74, 6) is 1.65. The van der Waals surface area contributed by atoms with Crippen LogP contribution in [0.5, 0.6) is 11.5 Å². The number of benzene rings is 3. The minimum absolute atomic E-state index is 0.0534. The molecule has 4 rings (SSSR count). The average Bonchev–Trinajstić information content (AvgIpc) is 2.77. The lowest BCUT2D eigenvalue weighted by molar-refractivity contribution is 0.208. The quantitative estimate of drug-likeness (QED) is 0.674. The summed E-state index contributed by atoms with van der Waals surface area (Å²) >= 11 is 0. The van der Waals surface area contributed by atoms with Crippen molar-refractivity contribution in [3.8, 4) is 11.5 Å². The van der Waals surface area contributed by atoms with Crippen molar-refractivity contribution in [3.05, 3.63) is 84.4 Å². The lowest BCUT2D eigenvalue weighted by Gasteiger charge is -2.36. The van der Waals surface area contributed by atoms with Gasteiger partial charge < -0.3 is 19.9 Å². The number of carbonyl (C=O) groups excluding carboxylic acids is 1. The van der Waals surface area contributed by atoms with Crippen LogP contribution in [0, 0.1) is 6.92 Å². The van der Waals surface area contributed by atoms with Crippen LogP contribution in [0.1, 0.15) is 5.56 Å². The molecule has 1 fully saturated rings. The molecular formula is C24H25N3O2. The topological polar surface area (TPSA) is 44.8 Å². The zero-order chi connectivity index (χ0) is 20.1. The molecule has 2 amide bonds. The second kappa shape index (κ2) is 8.69. The van der Waals surface area contributed by atoms with Crippen LogP contribution < -0.4 is 15.0 Å². The summed E-state index contributed by atoms with van der Waals surface area (Å²) in [6.07, 6.45) is 0. The number of urea groups is 1. The molecule has 0 radical (unpaired) electrons. The number of nitrogens with zero attached hydrogens (tertiary/aromatic N) is 2. The molecule has 1 N–H and O–H groups in total. The van der Waals surface area contributed by atoms with Gasteiger partial charge in [-0.25, -0.2) is 4.79 Å². The fraction of sp³-hybridized carbons (Fsp3) is 0.208. The van der Waals surface area contributed by atoms with Crippen molar-refractivity contribution in [1.29, 1.82) is 0 Å². The van der Waals surface area contributed by atoms with Gasteiger partial charge in [0.1, 0.15) is 5.75 Å². The van der Waals surface area contributed by atoms with Crippen molar-refractivity contribution in [2.24, 2.45) is 0 Å². The number of ether oxygens (including phenoxy) is 1. The Balaban J connectivity index is 1.38. The van der Waals surface area contributed by atoms with Gasteiger partial charge in [0, 0.05) is 31.9 Å². The number of hydrogen-bond donors (Lipinski definition) is 1. The highest BCUT2D eigenvalue weighted by Gasteiger charge is 2.23. The van der Waals surface area contributed by atoms with Crippen molar-refractivity contribution >= 4 is 17.4 Å². The van der Waals surface area contributed by atoms with Crippen LogP contribution in [0.25, 0.3) is 0 Å². The fourth-order valence-electron chi connectivity index (χ4n) is 3.41. The van der Waals surface area contributed by atoms with Crippen molar-refractivity contribution in [2.45, 2.75) is 6.92 Å². The Bertz CT molecular complexity index is 949. The van der Waals surface area contributed by atoms with E-state index in [0.29, 0.717) is 13.1 Å². The average molecular weight is 387 g/mol. The van der Waals surface area contributed by atoms with E-state index >= 15 is 0 Å². The minimum atomic E-state index is -0.0534. The number of piperazine rings is 1. The second-order valence-corrected chi connectivity index (χ2v) is 7.15. The first-order valence-corrected chi connectivity index (χ1v) is 9.88. The van der Waals surface area contributed by atoms with E-state index < -0.39 is 0 Å². The van der Waals surface area contributed by atoms with Gasteiger partial charge in [-0.2, -0.15) is 0 Å². The van der Waals surface area contributed by atoms with Gasteiger partial charge in [0.25, 0.3) is 0 Å². The molecule has 5 nitrogen and oxygen atoms in total. The molecule has 0 aromatic heterocycles. The Morgan fingerprint density at radius 2 is 1.48 bits per heavy atom. The lowest BCUT2D eigenvalue weighted by Crippen LogP contribution is -2.50. The van der Waals surface area contributed by atoms with E-state index in [2.05, 4.69) is 16.3 Å². The zero-order valence-corrected chi connectivity index (χ0v) is 16.5. The van der Waals surface area contributed by atoms with Crippen LogP contribution >= 0.6 is 0 Å². The SMILES string of the molecule is Cc1ccc(NC(=O)N2CCN(c3ccccc3Oc3ccccc3)CC2)cc1. The summed E-state index contributed by atoms with van der Waals surface area (Å²) in [5.41, 5.74) is 3.05. The monoisotopic (exact) mass is 387 g/mol. The highest BCUT2D eigenvalue weighted by molar-refractivity contribution is 5.89. The molecular weight excluding hydrogens is 362 g/mol. The molecule has 1 saturated heterocycles. The number of aryl methyl sites for hydroxylation is 1. The third-order valence-corrected chi connectivity index (χ3v) is 5.05. The maximum absolute atomic E-state index is 12.6. The van der Waals surface area contributed by atoms with E-state index in [1.165, 1.54) is 5.56 Å². The molecule has 3 aromatic rings. The number of amides is 2. The number of carbonyl (C=O) groups is 1. The van der Waals surface area contributed by atoms with E-state index in [0.717, 1.165) is 36.0 Å². The molecule has 0 aliphatic carbocycles. The molecule has 0 atom stereocenters. The number of hydrogen-bond acceptors (Lipinski definition) is 3. The Morgan fingerprint density at radius 3 is 2.21 bits per heavy atom. The number of anilines is 2. The van der Waals surface area contributed by atoms with Crippen LogP contribution in [0.2, 0.25) is 0 Å². The molecule has 0 spiro atoms. The Kier molecular flexibility index (Phi) is 5.66. The summed E-state index contributed by atoms with van der Waals surface area (Å²) in [4.78, 5) is 16.7. The summed E-state index contributed by atoms with van der Waals surface area (Å²) in [6, 6.07) is 25.6. The number of para-hydroxylation sites is 3.